The number of ether oxygens (including phenoxy) is 1. The van der Waals surface area contributed by atoms with Crippen molar-refractivity contribution in [3.8, 4) is 5.88 Å². The summed E-state index contributed by atoms with van der Waals surface area (Å²) in [6, 6.07) is 3.56. The van der Waals surface area contributed by atoms with E-state index in [4.69, 9.17) is 16.2 Å². The third-order valence-corrected chi connectivity index (χ3v) is 2.58. The Bertz CT molecular complexity index is 496. The molecule has 6 nitrogen and oxygen atoms in total. The van der Waals surface area contributed by atoms with Crippen LogP contribution in [0.4, 0.5) is 0 Å². The summed E-state index contributed by atoms with van der Waals surface area (Å²) in [5, 5.41) is 2.99. The molecule has 1 unspecified atom stereocenters. The lowest BCUT2D eigenvalue weighted by Crippen LogP contribution is -2.50. The smallest absolute Gasteiger partial charge is 0.222 e. The largest absolute Gasteiger partial charge is 0.481 e. The fourth-order valence-electron chi connectivity index (χ4n) is 1.58. The van der Waals surface area contributed by atoms with Gasteiger partial charge in [-0.25, -0.2) is 9.98 Å². The standard InChI is InChI=1S/C11H15N5O/c1-7-6-15-11(13,16-9(7)12)8-4-3-5-14-10(8)17-2/h3-6,15H,13H2,1-2H3,(H2,12,16). The van der Waals surface area contributed by atoms with E-state index < -0.39 is 5.79 Å². The van der Waals surface area contributed by atoms with Crippen molar-refractivity contribution in [2.24, 2.45) is 16.5 Å². The second-order valence-electron chi connectivity index (χ2n) is 3.80. The first-order valence-electron chi connectivity index (χ1n) is 5.15. The SMILES string of the molecule is COc1ncccc1C1(N)N=C(N)C(C)=CN1. The van der Waals surface area contributed by atoms with Gasteiger partial charge in [0.2, 0.25) is 11.7 Å². The van der Waals surface area contributed by atoms with E-state index in [1.165, 1.54) is 7.11 Å². The number of nitrogens with zero attached hydrogens (tertiary/aromatic N) is 2. The fourth-order valence-corrected chi connectivity index (χ4v) is 1.58. The summed E-state index contributed by atoms with van der Waals surface area (Å²) in [5.41, 5.74) is 13.4. The molecule has 0 bridgehead atoms. The normalized spacial score (nSPS) is 23.5. The molecule has 6 heteroatoms. The van der Waals surface area contributed by atoms with E-state index in [0.29, 0.717) is 17.3 Å². The highest BCUT2D eigenvalue weighted by molar-refractivity contribution is 5.97. The molecule has 1 aromatic heterocycles. The van der Waals surface area contributed by atoms with Crippen molar-refractivity contribution in [3.05, 3.63) is 35.7 Å². The van der Waals surface area contributed by atoms with Gasteiger partial charge in [0.15, 0.2) is 0 Å². The Morgan fingerprint density at radius 1 is 1.47 bits per heavy atom. The maximum atomic E-state index is 6.17. The van der Waals surface area contributed by atoms with Gasteiger partial charge >= 0.3 is 0 Å². The van der Waals surface area contributed by atoms with E-state index in [0.717, 1.165) is 5.57 Å². The summed E-state index contributed by atoms with van der Waals surface area (Å²) in [6.07, 6.45) is 3.36. The molecule has 0 radical (unpaired) electrons. The average Bonchev–Trinajstić information content (AvgIpc) is 2.34. The van der Waals surface area contributed by atoms with E-state index in [2.05, 4.69) is 15.3 Å². The molecule has 1 aliphatic rings. The molecular weight excluding hydrogens is 218 g/mol. The number of aromatic nitrogens is 1. The van der Waals surface area contributed by atoms with Crippen molar-refractivity contribution in [1.82, 2.24) is 10.3 Å². The first-order chi connectivity index (χ1) is 8.07. The molecule has 5 N–H and O–H groups in total. The molecular formula is C11H15N5O. The maximum absolute atomic E-state index is 6.17. The minimum Gasteiger partial charge on any atom is -0.481 e. The zero-order valence-electron chi connectivity index (χ0n) is 9.77. The second kappa shape index (κ2) is 4.06. The molecule has 2 rings (SSSR count). The van der Waals surface area contributed by atoms with E-state index in [1.54, 1.807) is 24.5 Å². The Hall–Kier alpha value is -2.08. The van der Waals surface area contributed by atoms with E-state index in [1.807, 2.05) is 6.92 Å². The Labute approximate surface area is 99.4 Å². The average molecular weight is 233 g/mol. The molecule has 0 saturated heterocycles. The number of rotatable bonds is 2. The lowest BCUT2D eigenvalue weighted by molar-refractivity contribution is 0.348. The van der Waals surface area contributed by atoms with Crippen molar-refractivity contribution in [1.29, 1.82) is 0 Å². The van der Waals surface area contributed by atoms with E-state index >= 15 is 0 Å². The highest BCUT2D eigenvalue weighted by Gasteiger charge is 2.32. The highest BCUT2D eigenvalue weighted by atomic mass is 16.5. The molecule has 90 valence electrons. The van der Waals surface area contributed by atoms with Gasteiger partial charge in [0.25, 0.3) is 0 Å². The van der Waals surface area contributed by atoms with Crippen LogP contribution in [0.5, 0.6) is 5.88 Å². The first-order valence-corrected chi connectivity index (χ1v) is 5.15. The minimum absolute atomic E-state index is 0.400. The molecule has 0 amide bonds. The van der Waals surface area contributed by atoms with Crippen LogP contribution < -0.4 is 21.5 Å². The van der Waals surface area contributed by atoms with Crippen molar-refractivity contribution < 1.29 is 4.74 Å². The molecule has 0 aliphatic carbocycles. The van der Waals surface area contributed by atoms with Gasteiger partial charge in [-0.3, -0.25) is 5.73 Å². The summed E-state index contributed by atoms with van der Waals surface area (Å²) < 4.78 is 5.16. The summed E-state index contributed by atoms with van der Waals surface area (Å²) in [4.78, 5) is 8.34. The van der Waals surface area contributed by atoms with Gasteiger partial charge in [-0.2, -0.15) is 0 Å². The van der Waals surface area contributed by atoms with Gasteiger partial charge < -0.3 is 15.8 Å². The molecule has 0 aromatic carbocycles. The van der Waals surface area contributed by atoms with Crippen LogP contribution >= 0.6 is 0 Å². The van der Waals surface area contributed by atoms with E-state index in [-0.39, 0.29) is 0 Å². The summed E-state index contributed by atoms with van der Waals surface area (Å²) in [7, 11) is 1.53. The number of hydrogen-bond donors (Lipinski definition) is 3. The van der Waals surface area contributed by atoms with Gasteiger partial charge in [-0.05, 0) is 19.1 Å². The monoisotopic (exact) mass is 233 g/mol. The van der Waals surface area contributed by atoms with Crippen molar-refractivity contribution in [2.45, 2.75) is 12.7 Å². The van der Waals surface area contributed by atoms with Gasteiger partial charge in [-0.15, -0.1) is 0 Å². The van der Waals surface area contributed by atoms with Crippen molar-refractivity contribution >= 4 is 5.84 Å². The number of nitrogens with one attached hydrogen (secondary N) is 1. The van der Waals surface area contributed by atoms with Crippen LogP contribution in [0, 0.1) is 0 Å². The molecule has 1 atom stereocenters. The fraction of sp³-hybridized carbons (Fsp3) is 0.273. The molecule has 2 heterocycles. The number of aliphatic imine (C=N–C) groups is 1. The van der Waals surface area contributed by atoms with Crippen LogP contribution in [0.3, 0.4) is 0 Å². The first kappa shape index (κ1) is 11.4. The van der Waals surface area contributed by atoms with Gasteiger partial charge in [-0.1, -0.05) is 0 Å². The Morgan fingerprint density at radius 2 is 2.24 bits per heavy atom. The molecule has 1 aromatic rings. The van der Waals surface area contributed by atoms with Crippen LogP contribution in [0.15, 0.2) is 35.1 Å². The summed E-state index contributed by atoms with van der Waals surface area (Å²) >= 11 is 0. The third-order valence-electron chi connectivity index (χ3n) is 2.58. The predicted molar refractivity (Wildman–Crippen MR) is 65.2 cm³/mol. The van der Waals surface area contributed by atoms with Crippen LogP contribution in [-0.2, 0) is 5.79 Å². The molecule has 0 fully saturated rings. The van der Waals surface area contributed by atoms with Crippen LogP contribution in [-0.4, -0.2) is 17.9 Å². The lowest BCUT2D eigenvalue weighted by atomic mass is 10.1. The van der Waals surface area contributed by atoms with Crippen LogP contribution in [0.1, 0.15) is 12.5 Å². The quantitative estimate of drug-likeness (QED) is 0.669. The van der Waals surface area contributed by atoms with Gasteiger partial charge in [0.05, 0.1) is 12.7 Å². The topological polar surface area (TPSA) is 98.5 Å². The number of pyridine rings is 1. The van der Waals surface area contributed by atoms with Crippen molar-refractivity contribution in [3.63, 3.8) is 0 Å². The maximum Gasteiger partial charge on any atom is 0.222 e. The van der Waals surface area contributed by atoms with Gasteiger partial charge in [0, 0.05) is 18.0 Å². The minimum atomic E-state index is -1.14. The van der Waals surface area contributed by atoms with Crippen molar-refractivity contribution in [2.75, 3.05) is 7.11 Å². The number of amidine groups is 1. The molecule has 0 saturated carbocycles. The Kier molecular flexibility index (Phi) is 2.72. The lowest BCUT2D eigenvalue weighted by Gasteiger charge is -2.30. The second-order valence-corrected chi connectivity index (χ2v) is 3.80. The molecule has 17 heavy (non-hydrogen) atoms. The number of hydrogen-bond acceptors (Lipinski definition) is 6. The summed E-state index contributed by atoms with van der Waals surface area (Å²) in [5.74, 6) is -0.312. The Balaban J connectivity index is 2.47. The predicted octanol–water partition coefficient (Wildman–Crippen LogP) is 0.0234. The van der Waals surface area contributed by atoms with Crippen LogP contribution in [0.25, 0.3) is 0 Å². The van der Waals surface area contributed by atoms with Crippen LogP contribution in [0.2, 0.25) is 0 Å². The van der Waals surface area contributed by atoms with E-state index in [9.17, 15) is 0 Å². The highest BCUT2D eigenvalue weighted by Crippen LogP contribution is 2.27. The number of nitrogens with two attached hydrogens (primary N) is 2. The molecule has 1 aliphatic heterocycles. The number of methoxy groups -OCH3 is 1. The zero-order valence-corrected chi connectivity index (χ0v) is 9.77. The van der Waals surface area contributed by atoms with Gasteiger partial charge in [0.1, 0.15) is 5.84 Å². The Morgan fingerprint density at radius 3 is 2.88 bits per heavy atom. The summed E-state index contributed by atoms with van der Waals surface area (Å²) in [6.45, 7) is 1.85. The third kappa shape index (κ3) is 1.94. The molecule has 0 spiro atoms. The zero-order chi connectivity index (χ0) is 12.5.